The van der Waals surface area contributed by atoms with Gasteiger partial charge in [-0.1, -0.05) is 38.8 Å². The quantitative estimate of drug-likeness (QED) is 0.432. The summed E-state index contributed by atoms with van der Waals surface area (Å²) in [6.07, 6.45) is 5.80. The summed E-state index contributed by atoms with van der Waals surface area (Å²) in [6, 6.07) is 0. The van der Waals surface area contributed by atoms with Crippen molar-refractivity contribution < 1.29 is 4.74 Å². The van der Waals surface area contributed by atoms with Crippen LogP contribution in [0.1, 0.15) is 47.0 Å². The van der Waals surface area contributed by atoms with E-state index in [0.29, 0.717) is 0 Å². The summed E-state index contributed by atoms with van der Waals surface area (Å²) >= 11 is 0. The van der Waals surface area contributed by atoms with Gasteiger partial charge in [-0.05, 0) is 25.7 Å². The molecule has 0 aliphatic carbocycles. The molecule has 0 fully saturated rings. The molecule has 13 heavy (non-hydrogen) atoms. The maximum atomic E-state index is 5.49. The highest BCUT2D eigenvalue weighted by atomic mass is 16.5. The first-order valence-corrected chi connectivity index (χ1v) is 5.40. The second kappa shape index (κ2) is 8.31. The van der Waals surface area contributed by atoms with Crippen LogP contribution in [-0.4, -0.2) is 13.2 Å². The Morgan fingerprint density at radius 1 is 1.38 bits per heavy atom. The summed E-state index contributed by atoms with van der Waals surface area (Å²) in [5.74, 6) is 0.751. The fourth-order valence-corrected chi connectivity index (χ4v) is 1.10. The molecule has 0 aromatic heterocycles. The van der Waals surface area contributed by atoms with Crippen LogP contribution in [-0.2, 0) is 4.74 Å². The molecular weight excluding hydrogens is 160 g/mol. The van der Waals surface area contributed by atoms with E-state index in [4.69, 9.17) is 4.74 Å². The molecule has 0 rings (SSSR count). The first-order chi connectivity index (χ1) is 6.16. The Bertz CT molecular complexity index is 136. The first-order valence-electron chi connectivity index (χ1n) is 5.40. The number of allylic oxidation sites excluding steroid dienone is 1. The summed E-state index contributed by atoms with van der Waals surface area (Å²) in [7, 11) is 0. The molecular formula is C12H24O. The molecule has 0 N–H and O–H groups in total. The van der Waals surface area contributed by atoms with Crippen molar-refractivity contribution in [1.29, 1.82) is 0 Å². The Kier molecular flexibility index (Phi) is 8.11. The smallest absolute Gasteiger partial charge is 0.0649 e. The molecule has 0 radical (unpaired) electrons. The number of rotatable bonds is 7. The minimum absolute atomic E-state index is 0.751. The fraction of sp³-hybridized carbons (Fsp3) is 0.833. The van der Waals surface area contributed by atoms with Gasteiger partial charge < -0.3 is 4.74 Å². The maximum Gasteiger partial charge on any atom is 0.0649 e. The summed E-state index contributed by atoms with van der Waals surface area (Å²) in [4.78, 5) is 0. The summed E-state index contributed by atoms with van der Waals surface area (Å²) in [5.41, 5.74) is 1.45. The van der Waals surface area contributed by atoms with Gasteiger partial charge in [-0.25, -0.2) is 0 Å². The zero-order valence-electron chi connectivity index (χ0n) is 9.60. The average Bonchev–Trinajstić information content (AvgIpc) is 2.03. The van der Waals surface area contributed by atoms with Gasteiger partial charge in [0, 0.05) is 6.61 Å². The molecule has 0 unspecified atom stereocenters. The number of ether oxygens (including phenoxy) is 1. The van der Waals surface area contributed by atoms with E-state index in [1.165, 1.54) is 24.8 Å². The third kappa shape index (κ3) is 9.62. The Hall–Kier alpha value is -0.300. The van der Waals surface area contributed by atoms with Crippen molar-refractivity contribution in [3.05, 3.63) is 11.6 Å². The molecule has 0 aliphatic heterocycles. The highest BCUT2D eigenvalue weighted by Crippen LogP contribution is 2.03. The average molecular weight is 184 g/mol. The third-order valence-corrected chi connectivity index (χ3v) is 2.03. The predicted octanol–water partition coefficient (Wildman–Crippen LogP) is 3.80. The largest absolute Gasteiger partial charge is 0.377 e. The van der Waals surface area contributed by atoms with Crippen LogP contribution in [0.3, 0.4) is 0 Å². The minimum Gasteiger partial charge on any atom is -0.377 e. The van der Waals surface area contributed by atoms with E-state index in [0.717, 1.165) is 19.1 Å². The zero-order valence-corrected chi connectivity index (χ0v) is 9.60. The van der Waals surface area contributed by atoms with Gasteiger partial charge in [0.05, 0.1) is 6.61 Å². The molecule has 0 spiro atoms. The van der Waals surface area contributed by atoms with Crippen molar-refractivity contribution in [3.8, 4) is 0 Å². The number of hydrogen-bond acceptors (Lipinski definition) is 1. The van der Waals surface area contributed by atoms with Crippen molar-refractivity contribution in [1.82, 2.24) is 0 Å². The van der Waals surface area contributed by atoms with Crippen LogP contribution < -0.4 is 0 Å². The molecule has 0 heterocycles. The maximum absolute atomic E-state index is 5.49. The summed E-state index contributed by atoms with van der Waals surface area (Å²) < 4.78 is 5.49. The highest BCUT2D eigenvalue weighted by Gasteiger charge is 1.92. The van der Waals surface area contributed by atoms with E-state index in [1.54, 1.807) is 0 Å². The van der Waals surface area contributed by atoms with E-state index < -0.39 is 0 Å². The zero-order chi connectivity index (χ0) is 10.1. The summed E-state index contributed by atoms with van der Waals surface area (Å²) in [5, 5.41) is 0. The van der Waals surface area contributed by atoms with Gasteiger partial charge in [-0.2, -0.15) is 0 Å². The van der Waals surface area contributed by atoms with Gasteiger partial charge >= 0.3 is 0 Å². The summed E-state index contributed by atoms with van der Waals surface area (Å²) in [6.45, 7) is 10.5. The Balaban J connectivity index is 3.28. The van der Waals surface area contributed by atoms with Crippen LogP contribution in [0.15, 0.2) is 11.6 Å². The molecule has 0 amide bonds. The predicted molar refractivity (Wildman–Crippen MR) is 58.9 cm³/mol. The van der Waals surface area contributed by atoms with Crippen molar-refractivity contribution >= 4 is 0 Å². The van der Waals surface area contributed by atoms with Crippen LogP contribution in [0.5, 0.6) is 0 Å². The van der Waals surface area contributed by atoms with Gasteiger partial charge in [0.15, 0.2) is 0 Å². The molecule has 0 atom stereocenters. The third-order valence-electron chi connectivity index (χ3n) is 2.03. The lowest BCUT2D eigenvalue weighted by Crippen LogP contribution is -1.99. The van der Waals surface area contributed by atoms with E-state index >= 15 is 0 Å². The molecule has 1 nitrogen and oxygen atoms in total. The van der Waals surface area contributed by atoms with Crippen LogP contribution in [0.25, 0.3) is 0 Å². The number of hydrogen-bond donors (Lipinski definition) is 0. The molecule has 78 valence electrons. The second-order valence-electron chi connectivity index (χ2n) is 4.06. The van der Waals surface area contributed by atoms with Crippen molar-refractivity contribution in [3.63, 3.8) is 0 Å². The van der Waals surface area contributed by atoms with E-state index in [9.17, 15) is 0 Å². The SMILES string of the molecule is CCCC(C)=CCOCCC(C)C. The standard InChI is InChI=1S/C12H24O/c1-5-6-12(4)8-10-13-9-7-11(2)3/h8,11H,5-7,9-10H2,1-4H3. The molecule has 0 aliphatic rings. The molecule has 0 saturated carbocycles. The Labute approximate surface area is 83.2 Å². The molecule has 0 aromatic rings. The Morgan fingerprint density at radius 2 is 2.08 bits per heavy atom. The second-order valence-corrected chi connectivity index (χ2v) is 4.06. The van der Waals surface area contributed by atoms with Crippen LogP contribution in [0.2, 0.25) is 0 Å². The molecule has 0 aromatic carbocycles. The van der Waals surface area contributed by atoms with E-state index in [2.05, 4.69) is 33.8 Å². The van der Waals surface area contributed by atoms with Gasteiger partial charge in [0.25, 0.3) is 0 Å². The first kappa shape index (κ1) is 12.7. The van der Waals surface area contributed by atoms with E-state index in [-0.39, 0.29) is 0 Å². The minimum atomic E-state index is 0.751. The van der Waals surface area contributed by atoms with Crippen LogP contribution >= 0.6 is 0 Å². The van der Waals surface area contributed by atoms with Crippen LogP contribution in [0.4, 0.5) is 0 Å². The Morgan fingerprint density at radius 3 is 2.62 bits per heavy atom. The van der Waals surface area contributed by atoms with Crippen molar-refractivity contribution in [2.45, 2.75) is 47.0 Å². The van der Waals surface area contributed by atoms with E-state index in [1.807, 2.05) is 0 Å². The monoisotopic (exact) mass is 184 g/mol. The molecule has 0 bridgehead atoms. The lowest BCUT2D eigenvalue weighted by molar-refractivity contribution is 0.149. The van der Waals surface area contributed by atoms with Gasteiger partial charge in [0.1, 0.15) is 0 Å². The van der Waals surface area contributed by atoms with Gasteiger partial charge in [0.2, 0.25) is 0 Å². The highest BCUT2D eigenvalue weighted by molar-refractivity contribution is 4.97. The molecule has 0 saturated heterocycles. The normalized spacial score (nSPS) is 12.5. The lowest BCUT2D eigenvalue weighted by Gasteiger charge is -2.04. The van der Waals surface area contributed by atoms with Gasteiger partial charge in [-0.3, -0.25) is 0 Å². The van der Waals surface area contributed by atoms with Crippen molar-refractivity contribution in [2.75, 3.05) is 13.2 Å². The fourth-order valence-electron chi connectivity index (χ4n) is 1.10. The molecule has 1 heteroatoms. The lowest BCUT2D eigenvalue weighted by atomic mass is 10.1. The van der Waals surface area contributed by atoms with Crippen molar-refractivity contribution in [2.24, 2.45) is 5.92 Å². The topological polar surface area (TPSA) is 9.23 Å². The van der Waals surface area contributed by atoms with Gasteiger partial charge in [-0.15, -0.1) is 0 Å². The van der Waals surface area contributed by atoms with Crippen LogP contribution in [0, 0.1) is 5.92 Å².